The summed E-state index contributed by atoms with van der Waals surface area (Å²) in [6.45, 7) is 0.373. The molecule has 6 nitrogen and oxygen atoms in total. The molecule has 3 aromatic rings. The summed E-state index contributed by atoms with van der Waals surface area (Å²) in [7, 11) is -2.63. The highest BCUT2D eigenvalue weighted by atomic mass is 32.2. The van der Waals surface area contributed by atoms with Gasteiger partial charge in [-0.1, -0.05) is 54.6 Å². The van der Waals surface area contributed by atoms with Crippen LogP contribution < -0.4 is 14.8 Å². The van der Waals surface area contributed by atoms with Crippen LogP contribution in [0.2, 0.25) is 0 Å². The number of hydrogen-bond acceptors (Lipinski definition) is 4. The van der Waals surface area contributed by atoms with E-state index in [0.29, 0.717) is 13.0 Å². The van der Waals surface area contributed by atoms with Crippen LogP contribution in [0, 0.1) is 5.82 Å². The highest BCUT2D eigenvalue weighted by Crippen LogP contribution is 2.15. The molecule has 3 aromatic carbocycles. The van der Waals surface area contributed by atoms with Crippen LogP contribution in [0.15, 0.2) is 83.8 Å². The lowest BCUT2D eigenvalue weighted by Crippen LogP contribution is -2.48. The van der Waals surface area contributed by atoms with Crippen LogP contribution in [0.4, 0.5) is 4.39 Å². The van der Waals surface area contributed by atoms with Crippen LogP contribution >= 0.6 is 0 Å². The molecule has 0 spiro atoms. The van der Waals surface area contributed by atoms with E-state index in [-0.39, 0.29) is 6.42 Å². The second kappa shape index (κ2) is 11.6. The summed E-state index contributed by atoms with van der Waals surface area (Å²) in [5.41, 5.74) is 1.89. The molecule has 8 heteroatoms. The summed E-state index contributed by atoms with van der Waals surface area (Å²) in [6.07, 6.45) is 1.56. The van der Waals surface area contributed by atoms with Gasteiger partial charge in [0.1, 0.15) is 22.5 Å². The lowest BCUT2D eigenvalue weighted by molar-refractivity contribution is -0.122. The summed E-state index contributed by atoms with van der Waals surface area (Å²) < 4.78 is 47.2. The zero-order valence-electron chi connectivity index (χ0n) is 18.3. The van der Waals surface area contributed by atoms with Gasteiger partial charge < -0.3 is 10.1 Å². The van der Waals surface area contributed by atoms with Crippen LogP contribution in [0.3, 0.4) is 0 Å². The number of rotatable bonds is 11. The van der Waals surface area contributed by atoms with Gasteiger partial charge in [0.25, 0.3) is 0 Å². The average Bonchev–Trinajstić information content (AvgIpc) is 2.82. The van der Waals surface area contributed by atoms with Crippen molar-refractivity contribution < 1.29 is 22.3 Å². The molecule has 1 atom stereocenters. The molecule has 0 radical (unpaired) electrons. The molecule has 0 aliphatic heterocycles. The molecule has 174 valence electrons. The number of methoxy groups -OCH3 is 1. The van der Waals surface area contributed by atoms with Gasteiger partial charge in [-0.05, 0) is 54.7 Å². The highest BCUT2D eigenvalue weighted by Gasteiger charge is 2.27. The number of amides is 1. The van der Waals surface area contributed by atoms with E-state index in [2.05, 4.69) is 10.0 Å². The van der Waals surface area contributed by atoms with Crippen LogP contribution in [0.1, 0.15) is 17.5 Å². The summed E-state index contributed by atoms with van der Waals surface area (Å²) in [5, 5.41) is 2.80. The fourth-order valence-electron chi connectivity index (χ4n) is 3.37. The Labute approximate surface area is 193 Å². The normalized spacial score (nSPS) is 12.2. The van der Waals surface area contributed by atoms with Crippen molar-refractivity contribution in [3.8, 4) is 5.75 Å². The Balaban J connectivity index is 1.65. The maximum Gasteiger partial charge on any atom is 0.244 e. The van der Waals surface area contributed by atoms with Crippen LogP contribution in [0.25, 0.3) is 0 Å². The van der Waals surface area contributed by atoms with Crippen molar-refractivity contribution in [2.24, 2.45) is 0 Å². The molecular formula is C25H27FN2O4S. The monoisotopic (exact) mass is 470 g/mol. The third kappa shape index (κ3) is 7.13. The first-order valence-electron chi connectivity index (χ1n) is 10.6. The Morgan fingerprint density at radius 1 is 0.939 bits per heavy atom. The topological polar surface area (TPSA) is 84.5 Å². The summed E-state index contributed by atoms with van der Waals surface area (Å²) in [6, 6.07) is 20.7. The SMILES string of the molecule is COc1ccc(CCCNC(=O)[C@H](Cc2ccccc2)NS(=O)(=O)c2ccccc2F)cc1. The Hall–Kier alpha value is -3.23. The molecule has 0 heterocycles. The average molecular weight is 471 g/mol. The van der Waals surface area contributed by atoms with Gasteiger partial charge in [0.2, 0.25) is 15.9 Å². The quantitative estimate of drug-likeness (QED) is 0.420. The van der Waals surface area contributed by atoms with E-state index in [1.165, 1.54) is 18.2 Å². The zero-order chi connectivity index (χ0) is 23.7. The van der Waals surface area contributed by atoms with Crippen molar-refractivity contribution in [2.45, 2.75) is 30.2 Å². The summed E-state index contributed by atoms with van der Waals surface area (Å²) in [4.78, 5) is 12.4. The first-order valence-corrected chi connectivity index (χ1v) is 12.1. The van der Waals surface area contributed by atoms with Crippen molar-refractivity contribution in [1.82, 2.24) is 10.0 Å². The molecule has 0 saturated heterocycles. The third-order valence-electron chi connectivity index (χ3n) is 5.12. The molecule has 0 aromatic heterocycles. The minimum Gasteiger partial charge on any atom is -0.497 e. The lowest BCUT2D eigenvalue weighted by atomic mass is 10.1. The molecule has 0 unspecified atom stereocenters. The van der Waals surface area contributed by atoms with Crippen molar-refractivity contribution in [3.63, 3.8) is 0 Å². The lowest BCUT2D eigenvalue weighted by Gasteiger charge is -2.19. The molecule has 0 fully saturated rings. The number of carbonyl (C=O) groups excluding carboxylic acids is 1. The van der Waals surface area contributed by atoms with Crippen molar-refractivity contribution in [1.29, 1.82) is 0 Å². The number of benzene rings is 3. The summed E-state index contributed by atoms with van der Waals surface area (Å²) >= 11 is 0. The maximum atomic E-state index is 14.1. The fraction of sp³-hybridized carbons (Fsp3) is 0.240. The predicted molar refractivity (Wildman–Crippen MR) is 125 cm³/mol. The van der Waals surface area contributed by atoms with Gasteiger partial charge in [0.05, 0.1) is 7.11 Å². The Bertz CT molecular complexity index is 1150. The first kappa shape index (κ1) is 24.4. The number of nitrogens with one attached hydrogen (secondary N) is 2. The molecule has 0 aliphatic carbocycles. The number of sulfonamides is 1. The van der Waals surface area contributed by atoms with E-state index in [1.807, 2.05) is 42.5 Å². The van der Waals surface area contributed by atoms with Gasteiger partial charge in [-0.3, -0.25) is 4.79 Å². The van der Waals surface area contributed by atoms with E-state index in [9.17, 15) is 17.6 Å². The van der Waals surface area contributed by atoms with E-state index in [0.717, 1.165) is 29.4 Å². The largest absolute Gasteiger partial charge is 0.497 e. The van der Waals surface area contributed by atoms with Gasteiger partial charge in [-0.25, -0.2) is 12.8 Å². The first-order chi connectivity index (χ1) is 15.9. The molecule has 33 heavy (non-hydrogen) atoms. The Morgan fingerprint density at radius 2 is 1.61 bits per heavy atom. The van der Waals surface area contributed by atoms with Crippen LogP contribution in [-0.2, 0) is 27.7 Å². The second-order valence-electron chi connectivity index (χ2n) is 7.54. The van der Waals surface area contributed by atoms with Crippen molar-refractivity contribution in [3.05, 3.63) is 95.8 Å². The smallest absolute Gasteiger partial charge is 0.244 e. The van der Waals surface area contributed by atoms with Crippen molar-refractivity contribution >= 4 is 15.9 Å². The number of hydrogen-bond donors (Lipinski definition) is 2. The van der Waals surface area contributed by atoms with E-state index >= 15 is 0 Å². The molecule has 0 saturated carbocycles. The Kier molecular flexibility index (Phi) is 8.57. The molecular weight excluding hydrogens is 443 g/mol. The fourth-order valence-corrected chi connectivity index (χ4v) is 4.65. The van der Waals surface area contributed by atoms with E-state index in [1.54, 1.807) is 19.2 Å². The molecule has 0 aliphatic rings. The predicted octanol–water partition coefficient (Wildman–Crippen LogP) is 3.47. The van der Waals surface area contributed by atoms with Crippen molar-refractivity contribution in [2.75, 3.05) is 13.7 Å². The molecule has 0 bridgehead atoms. The number of aryl methyl sites for hydroxylation is 1. The highest BCUT2D eigenvalue weighted by molar-refractivity contribution is 7.89. The number of ether oxygens (including phenoxy) is 1. The van der Waals surface area contributed by atoms with E-state index < -0.39 is 32.7 Å². The van der Waals surface area contributed by atoms with E-state index in [4.69, 9.17) is 4.74 Å². The number of carbonyl (C=O) groups is 1. The van der Waals surface area contributed by atoms with Gasteiger partial charge in [0, 0.05) is 6.54 Å². The molecule has 2 N–H and O–H groups in total. The standard InChI is InChI=1S/C25H27FN2O4S/c1-32-21-15-13-19(14-16-21)10-7-17-27-25(29)23(18-20-8-3-2-4-9-20)28-33(30,31)24-12-6-5-11-22(24)26/h2-6,8-9,11-16,23,28H,7,10,17-18H2,1H3,(H,27,29)/t23-/m0/s1. The Morgan fingerprint density at radius 3 is 2.27 bits per heavy atom. The van der Waals surface area contributed by atoms with Gasteiger partial charge in [-0.15, -0.1) is 0 Å². The minimum atomic E-state index is -4.23. The summed E-state index contributed by atoms with van der Waals surface area (Å²) in [5.74, 6) is -0.560. The van der Waals surface area contributed by atoms with Gasteiger partial charge >= 0.3 is 0 Å². The zero-order valence-corrected chi connectivity index (χ0v) is 19.1. The maximum absolute atomic E-state index is 14.1. The molecule has 1 amide bonds. The third-order valence-corrected chi connectivity index (χ3v) is 6.63. The van der Waals surface area contributed by atoms with Gasteiger partial charge in [0.15, 0.2) is 0 Å². The van der Waals surface area contributed by atoms with Gasteiger partial charge in [-0.2, -0.15) is 4.72 Å². The van der Waals surface area contributed by atoms with Crippen LogP contribution in [-0.4, -0.2) is 34.0 Å². The molecule has 3 rings (SSSR count). The number of halogens is 1. The minimum absolute atomic E-state index is 0.138. The second-order valence-corrected chi connectivity index (χ2v) is 9.22. The van der Waals surface area contributed by atoms with Crippen LogP contribution in [0.5, 0.6) is 5.75 Å².